The number of aryl methyl sites for hydroxylation is 3. The highest BCUT2D eigenvalue weighted by Crippen LogP contribution is 2.54. The Bertz CT molecular complexity index is 6220. The number of pyridine rings is 2. The van der Waals surface area contributed by atoms with E-state index in [1.807, 2.05) is 85.9 Å². The van der Waals surface area contributed by atoms with Crippen LogP contribution in [0.3, 0.4) is 0 Å². The first-order valence-electron chi connectivity index (χ1n) is 41.2. The van der Waals surface area contributed by atoms with Gasteiger partial charge in [-0.05, 0) is 179 Å². The Labute approximate surface area is 742 Å². The van der Waals surface area contributed by atoms with E-state index in [4.69, 9.17) is 102 Å². The van der Waals surface area contributed by atoms with Gasteiger partial charge in [0.15, 0.2) is 105 Å². The highest BCUT2D eigenvalue weighted by molar-refractivity contribution is 6.61. The molecule has 0 saturated heterocycles. The lowest BCUT2D eigenvalue weighted by atomic mass is 9.84. The number of hydrogen-bond acceptors (Lipinski definition) is 28. The second-order valence-corrected chi connectivity index (χ2v) is 30.2. The van der Waals surface area contributed by atoms with Crippen LogP contribution in [-0.2, 0) is 73.9 Å². The van der Waals surface area contributed by atoms with Crippen LogP contribution in [0.1, 0.15) is 123 Å². The first kappa shape index (κ1) is 88.3. The fourth-order valence-electron chi connectivity index (χ4n) is 18.0. The number of carbonyl (C=O) groups excluding carboxylic acids is 5. The molecule has 10 aliphatic rings. The average Bonchev–Trinajstić information content (AvgIpc) is 1.40. The molecule has 0 bridgehead atoms. The van der Waals surface area contributed by atoms with Crippen LogP contribution in [-0.4, -0.2) is 167 Å². The molecule has 10 aromatic rings. The number of halogens is 2. The standard InChI is InChI=1S/C23H21NO7.C23H23NO6.C23H22NO6.C23H23NO5.C3H5ClO2.ClH/c1-4-29-23(26)18-13-5-6-15(27-2)21(28-3)19(13)22(25)24-8-7-12-9-16-17(31-11-30-16)10-14(12)20(18)24;2*1-4-28-23(25)20-14-5-6-17(26-2)22(27-3)16(14)11-24-8-7-13-9-18-19(30-12-29-18)10-15(13)21(20)24;1-13(25)8-18-22-15(4-5-19(26-2)23(22)27-3)9-17-16-11-21-20(28-12-29-21)10-14(16)6-7-24(17)18;1-2-6-3(4)5;/h5-6,9-10H,4,7-8,11H2,1-3H3;5-6,9-10H,4,7-8,11-12H2,1-3H3;5-6,9-11H,4,7-8,12H2,1-3H3;4-5,9-11,18H,6-8,12H2,1-3H3;2H2,1H3;1H/q;;+1;;;/p-1. The van der Waals surface area contributed by atoms with Crippen LogP contribution in [0.25, 0.3) is 67.1 Å². The second kappa shape index (κ2) is 37.7. The lowest BCUT2D eigenvalue weighted by Crippen LogP contribution is -3.00. The summed E-state index contributed by atoms with van der Waals surface area (Å²) in [6.07, 6.45) is 7.74. The number of aromatic nitrogens is 2. The third-order valence-corrected chi connectivity index (χ3v) is 23.4. The molecule has 127 heavy (non-hydrogen) atoms. The smallest absolute Gasteiger partial charge is 0.403 e. The van der Waals surface area contributed by atoms with E-state index in [9.17, 15) is 28.8 Å². The fourth-order valence-corrected chi connectivity index (χ4v) is 18.1. The number of rotatable bonds is 17. The maximum atomic E-state index is 13.6. The van der Waals surface area contributed by atoms with Gasteiger partial charge in [0.05, 0.1) is 128 Å². The molecule has 1 atom stereocenters. The van der Waals surface area contributed by atoms with Crippen molar-refractivity contribution in [2.45, 2.75) is 92.4 Å². The van der Waals surface area contributed by atoms with Gasteiger partial charge in [-0.2, -0.15) is 4.57 Å². The number of hydrogen-bond donors (Lipinski definition) is 0. The predicted molar refractivity (Wildman–Crippen MR) is 462 cm³/mol. The monoisotopic (exact) mass is 1780 g/mol. The van der Waals surface area contributed by atoms with Gasteiger partial charge >= 0.3 is 23.3 Å². The summed E-state index contributed by atoms with van der Waals surface area (Å²) in [5, 5.41) is 2.30. The van der Waals surface area contributed by atoms with Crippen molar-refractivity contribution in [1.29, 1.82) is 0 Å². The number of carbonyl (C=O) groups is 5. The minimum Gasteiger partial charge on any atom is -1.00 e. The van der Waals surface area contributed by atoms with Crippen LogP contribution in [0.15, 0.2) is 108 Å². The van der Waals surface area contributed by atoms with Crippen LogP contribution >= 0.6 is 11.6 Å². The highest BCUT2D eigenvalue weighted by atomic mass is 35.5. The number of benzene rings is 8. The molecule has 0 spiro atoms. The Morgan fingerprint density at radius 1 is 0.465 bits per heavy atom. The summed E-state index contributed by atoms with van der Waals surface area (Å²) >= 11 is 4.72. The van der Waals surface area contributed by atoms with E-state index in [-0.39, 0.29) is 87.5 Å². The van der Waals surface area contributed by atoms with Crippen LogP contribution in [0.5, 0.6) is 92.0 Å². The van der Waals surface area contributed by atoms with Gasteiger partial charge in [-0.1, -0.05) is 6.07 Å². The molecule has 2 aromatic heterocycles. The number of methoxy groups -OCH3 is 8. The Morgan fingerprint density at radius 2 is 0.929 bits per heavy atom. The Kier molecular flexibility index (Phi) is 26.2. The second-order valence-electron chi connectivity index (χ2n) is 29.9. The largest absolute Gasteiger partial charge is 1.00 e. The van der Waals surface area contributed by atoms with Crippen LogP contribution in [0.4, 0.5) is 4.79 Å². The van der Waals surface area contributed by atoms with Gasteiger partial charge in [-0.25, -0.2) is 19.2 Å². The fraction of sp³-hybridized carbons (Fsp3) is 0.337. The molecule has 32 heteroatoms. The maximum absolute atomic E-state index is 13.6. The number of nitrogens with zero attached hydrogens (tertiary/aromatic N) is 4. The number of fused-ring (bicyclic) bond motifs is 20. The lowest BCUT2D eigenvalue weighted by Gasteiger charge is -2.43. The van der Waals surface area contributed by atoms with Crippen molar-refractivity contribution in [3.8, 4) is 115 Å². The molecular weight excluding hydrogens is 1680 g/mol. The van der Waals surface area contributed by atoms with E-state index >= 15 is 0 Å². The average molecular weight is 1780 g/mol. The van der Waals surface area contributed by atoms with Gasteiger partial charge < -0.3 is 122 Å². The van der Waals surface area contributed by atoms with Gasteiger partial charge in [-0.15, -0.1) is 0 Å². The number of esters is 3. The van der Waals surface area contributed by atoms with E-state index < -0.39 is 11.4 Å². The minimum atomic E-state index is -0.738. The minimum absolute atomic E-state index is 0. The molecule has 0 amide bonds. The van der Waals surface area contributed by atoms with Crippen molar-refractivity contribution in [1.82, 2.24) is 14.4 Å². The van der Waals surface area contributed by atoms with Crippen molar-refractivity contribution in [2.24, 2.45) is 0 Å². The SMILES string of the molecule is CCOC(=O)C1=C2c3cc4c(cc3CCN2Cc2c1ccc(OC)c2OC)OCO4.CCOC(=O)Cl.CCOC(=O)c1c2[n+](cc3c(OC)c(OC)ccc13)CCc1cc3c(cc1-2)OCO3.CCOC(=O)c1c2n(c(=O)c3c(OC)c(OC)ccc13)CCc1cc3c(cc1-2)OCO3.COc1ccc2c(c1OC)C(CC(C)=O)N1CCc3cc4c(cc3C1=C2)OCO4.[Cl-]. The predicted octanol–water partition coefficient (Wildman–Crippen LogP) is 11.9. The molecule has 1 unspecified atom stereocenters. The molecule has 30 nitrogen and oxygen atoms in total. The van der Waals surface area contributed by atoms with E-state index in [0.29, 0.717) is 142 Å². The number of ether oxygens (including phenoxy) is 20. The molecule has 8 aromatic carbocycles. The van der Waals surface area contributed by atoms with Crippen LogP contribution in [0, 0.1) is 0 Å². The molecule has 0 radical (unpaired) electrons. The Hall–Kier alpha value is -13.6. The zero-order valence-corrected chi connectivity index (χ0v) is 73.9. The molecule has 20 rings (SSSR count). The van der Waals surface area contributed by atoms with Crippen molar-refractivity contribution in [3.63, 3.8) is 0 Å². The third-order valence-electron chi connectivity index (χ3n) is 23.3. The summed E-state index contributed by atoms with van der Waals surface area (Å²) in [6, 6.07) is 30.5. The lowest BCUT2D eigenvalue weighted by molar-refractivity contribution is -0.686. The molecule has 664 valence electrons. The van der Waals surface area contributed by atoms with Gasteiger partial charge in [0, 0.05) is 100 Å². The Balaban J connectivity index is 0.000000127. The van der Waals surface area contributed by atoms with Gasteiger partial charge in [0.25, 0.3) is 5.56 Å². The number of Topliss-reactive ketones (excluding diaryl/α,β-unsaturated/α-hetero) is 1. The quantitative estimate of drug-likeness (QED) is 0.0354. The Morgan fingerprint density at radius 3 is 1.48 bits per heavy atom. The highest BCUT2D eigenvalue weighted by Gasteiger charge is 2.42. The molecular formula is C95H94Cl2N4O26. The summed E-state index contributed by atoms with van der Waals surface area (Å²) in [5.41, 5.74) is 15.8. The van der Waals surface area contributed by atoms with Crippen molar-refractivity contribution >= 4 is 85.3 Å². The summed E-state index contributed by atoms with van der Waals surface area (Å²) in [5.74, 6) is 9.20. The van der Waals surface area contributed by atoms with E-state index in [1.165, 1.54) is 19.8 Å². The summed E-state index contributed by atoms with van der Waals surface area (Å²) < 4.78 is 113. The van der Waals surface area contributed by atoms with Gasteiger partial charge in [0.1, 0.15) is 11.3 Å². The zero-order valence-electron chi connectivity index (χ0n) is 72.4. The zero-order chi connectivity index (χ0) is 88.5. The molecule has 12 heterocycles. The van der Waals surface area contributed by atoms with Crippen molar-refractivity contribution < 1.29 is 136 Å². The third kappa shape index (κ3) is 16.2. The molecule has 0 saturated carbocycles. The van der Waals surface area contributed by atoms with Gasteiger partial charge in [0.2, 0.25) is 32.9 Å². The van der Waals surface area contributed by atoms with Crippen LogP contribution < -0.4 is 98.3 Å². The first-order valence-corrected chi connectivity index (χ1v) is 41.6. The normalized spacial score (nSPS) is 14.8. The van der Waals surface area contributed by atoms with Gasteiger partial charge in [-0.3, -0.25) is 9.59 Å². The summed E-state index contributed by atoms with van der Waals surface area (Å²) in [7, 11) is 12.7. The van der Waals surface area contributed by atoms with Crippen molar-refractivity contribution in [3.05, 3.63) is 180 Å². The summed E-state index contributed by atoms with van der Waals surface area (Å²) in [6.45, 7) is 14.0. The molecule has 0 aliphatic carbocycles. The molecule has 0 fully saturated rings. The van der Waals surface area contributed by atoms with E-state index in [2.05, 4.69) is 37.3 Å². The first-order chi connectivity index (χ1) is 61.3. The maximum Gasteiger partial charge on any atom is 0.403 e. The topological polar surface area (TPSA) is 302 Å². The van der Waals surface area contributed by atoms with E-state index in [0.717, 1.165) is 144 Å². The van der Waals surface area contributed by atoms with Crippen molar-refractivity contribution in [2.75, 3.05) is 124 Å². The van der Waals surface area contributed by atoms with E-state index in [1.54, 1.807) is 87.1 Å². The molecule has 0 N–H and O–H groups in total. The molecule has 10 aliphatic heterocycles. The summed E-state index contributed by atoms with van der Waals surface area (Å²) in [4.78, 5) is 79.4. The number of ketones is 1. The van der Waals surface area contributed by atoms with Crippen LogP contribution in [0.2, 0.25) is 0 Å².